The molecule has 0 aliphatic heterocycles. The van der Waals surface area contributed by atoms with Crippen LogP contribution in [0.5, 0.6) is 0 Å². The van der Waals surface area contributed by atoms with Crippen molar-refractivity contribution in [1.29, 1.82) is 0 Å². The van der Waals surface area contributed by atoms with Gasteiger partial charge in [-0.25, -0.2) is 4.79 Å². The zero-order chi connectivity index (χ0) is 13.2. The summed E-state index contributed by atoms with van der Waals surface area (Å²) in [6, 6.07) is 9.90. The average Bonchev–Trinajstić information content (AvgIpc) is 2.88. The fraction of sp³-hybridized carbons (Fsp3) is 0.333. The van der Waals surface area contributed by atoms with Crippen molar-refractivity contribution in [3.63, 3.8) is 0 Å². The van der Waals surface area contributed by atoms with Gasteiger partial charge < -0.3 is 4.98 Å². The fourth-order valence-electron chi connectivity index (χ4n) is 2.66. The summed E-state index contributed by atoms with van der Waals surface area (Å²) in [6.45, 7) is 0.436. The van der Waals surface area contributed by atoms with Crippen molar-refractivity contribution in [3.8, 4) is 0 Å². The molecule has 1 aromatic heterocycles. The molecule has 0 radical (unpaired) electrons. The monoisotopic (exact) mass is 256 g/mol. The molecule has 19 heavy (non-hydrogen) atoms. The number of benzene rings is 1. The Kier molecular flexibility index (Phi) is 3.07. The quantitative estimate of drug-likeness (QED) is 0.899. The van der Waals surface area contributed by atoms with E-state index in [0.29, 0.717) is 13.0 Å². The number of hydrogen-bond acceptors (Lipinski definition) is 2. The molecular weight excluding hydrogens is 240 g/mol. The first-order chi connectivity index (χ1) is 9.25. The maximum atomic E-state index is 12.2. The number of nitrogens with one attached hydrogen (secondary N) is 1. The third kappa shape index (κ3) is 2.26. The molecule has 2 aromatic rings. The van der Waals surface area contributed by atoms with E-state index in [9.17, 15) is 9.59 Å². The van der Waals surface area contributed by atoms with E-state index >= 15 is 0 Å². The average molecular weight is 256 g/mol. The summed E-state index contributed by atoms with van der Waals surface area (Å²) >= 11 is 0. The van der Waals surface area contributed by atoms with Crippen LogP contribution in [0.2, 0.25) is 0 Å². The molecule has 0 saturated heterocycles. The molecule has 0 fully saturated rings. The normalized spacial score (nSPS) is 13.5. The van der Waals surface area contributed by atoms with E-state index in [2.05, 4.69) is 4.98 Å². The third-order valence-corrected chi connectivity index (χ3v) is 3.69. The smallest absolute Gasteiger partial charge is 0.311 e. The van der Waals surface area contributed by atoms with Gasteiger partial charge in [-0.1, -0.05) is 30.3 Å². The highest BCUT2D eigenvalue weighted by Gasteiger charge is 2.18. The minimum Gasteiger partial charge on any atom is -0.311 e. The number of rotatable bonds is 3. The van der Waals surface area contributed by atoms with Crippen LogP contribution in [0, 0.1) is 0 Å². The van der Waals surface area contributed by atoms with Crippen LogP contribution < -0.4 is 11.2 Å². The Balaban J connectivity index is 1.90. The minimum atomic E-state index is -0.276. The van der Waals surface area contributed by atoms with Gasteiger partial charge in [0, 0.05) is 17.8 Å². The number of aryl methyl sites for hydroxylation is 2. The van der Waals surface area contributed by atoms with Crippen molar-refractivity contribution in [2.75, 3.05) is 0 Å². The molecule has 1 heterocycles. The number of aromatic nitrogens is 2. The topological polar surface area (TPSA) is 54.9 Å². The predicted octanol–water partition coefficient (Wildman–Crippen LogP) is 1.27. The molecule has 1 aliphatic rings. The number of fused-ring (bicyclic) bond motifs is 1. The van der Waals surface area contributed by atoms with Gasteiger partial charge in [-0.05, 0) is 31.2 Å². The highest BCUT2D eigenvalue weighted by atomic mass is 16.2. The SMILES string of the molecule is O=c1[nH]c2c(c(=O)n1CCc1ccccc1)CCC2. The van der Waals surface area contributed by atoms with E-state index < -0.39 is 0 Å². The lowest BCUT2D eigenvalue weighted by molar-refractivity contribution is 0.619. The third-order valence-electron chi connectivity index (χ3n) is 3.69. The standard InChI is InChI=1S/C15H16N2O2/c18-14-12-7-4-8-13(12)16-15(19)17(14)10-9-11-5-2-1-3-6-11/h1-3,5-6H,4,7-10H2,(H,16,19). The van der Waals surface area contributed by atoms with Crippen molar-refractivity contribution in [1.82, 2.24) is 9.55 Å². The van der Waals surface area contributed by atoms with Crippen LogP contribution in [0.1, 0.15) is 23.2 Å². The maximum Gasteiger partial charge on any atom is 0.328 e. The van der Waals surface area contributed by atoms with Crippen molar-refractivity contribution in [2.45, 2.75) is 32.2 Å². The van der Waals surface area contributed by atoms with E-state index in [-0.39, 0.29) is 11.2 Å². The lowest BCUT2D eigenvalue weighted by Gasteiger charge is -2.07. The molecule has 3 rings (SSSR count). The van der Waals surface area contributed by atoms with Gasteiger partial charge in [0.05, 0.1) is 0 Å². The molecule has 0 spiro atoms. The maximum absolute atomic E-state index is 12.2. The fourth-order valence-corrected chi connectivity index (χ4v) is 2.66. The predicted molar refractivity (Wildman–Crippen MR) is 73.5 cm³/mol. The first kappa shape index (κ1) is 12.0. The van der Waals surface area contributed by atoms with E-state index in [1.54, 1.807) is 0 Å². The zero-order valence-corrected chi connectivity index (χ0v) is 10.7. The minimum absolute atomic E-state index is 0.104. The summed E-state index contributed by atoms with van der Waals surface area (Å²) in [5.41, 5.74) is 2.39. The van der Waals surface area contributed by atoms with Gasteiger partial charge in [0.15, 0.2) is 0 Å². The number of aromatic amines is 1. The first-order valence-corrected chi connectivity index (χ1v) is 6.64. The molecule has 1 aliphatic carbocycles. The summed E-state index contributed by atoms with van der Waals surface area (Å²) < 4.78 is 1.33. The number of nitrogens with zero attached hydrogens (tertiary/aromatic N) is 1. The van der Waals surface area contributed by atoms with Crippen molar-refractivity contribution in [2.24, 2.45) is 0 Å². The van der Waals surface area contributed by atoms with Crippen LogP contribution in [-0.4, -0.2) is 9.55 Å². The van der Waals surface area contributed by atoms with Crippen molar-refractivity contribution in [3.05, 3.63) is 68.0 Å². The van der Waals surface area contributed by atoms with Crippen LogP contribution in [0.3, 0.4) is 0 Å². The molecule has 0 bridgehead atoms. The Morgan fingerprint density at radius 2 is 1.89 bits per heavy atom. The molecular formula is C15H16N2O2. The van der Waals surface area contributed by atoms with Gasteiger partial charge in [-0.3, -0.25) is 9.36 Å². The van der Waals surface area contributed by atoms with Crippen LogP contribution >= 0.6 is 0 Å². The molecule has 1 N–H and O–H groups in total. The highest BCUT2D eigenvalue weighted by molar-refractivity contribution is 5.22. The lowest BCUT2D eigenvalue weighted by atomic mass is 10.1. The summed E-state index contributed by atoms with van der Waals surface area (Å²) in [6.07, 6.45) is 3.27. The Hall–Kier alpha value is -2.10. The van der Waals surface area contributed by atoms with Gasteiger partial charge in [-0.2, -0.15) is 0 Å². The Bertz CT molecular complexity index is 698. The van der Waals surface area contributed by atoms with E-state index in [1.807, 2.05) is 30.3 Å². The largest absolute Gasteiger partial charge is 0.328 e. The van der Waals surface area contributed by atoms with Crippen molar-refractivity contribution < 1.29 is 0 Å². The van der Waals surface area contributed by atoms with E-state index in [1.165, 1.54) is 4.57 Å². The second-order valence-electron chi connectivity index (χ2n) is 4.93. The van der Waals surface area contributed by atoms with Gasteiger partial charge in [-0.15, -0.1) is 0 Å². The van der Waals surface area contributed by atoms with Gasteiger partial charge in [0.1, 0.15) is 0 Å². The lowest BCUT2D eigenvalue weighted by Crippen LogP contribution is -2.38. The molecule has 4 nitrogen and oxygen atoms in total. The summed E-state index contributed by atoms with van der Waals surface area (Å²) in [4.78, 5) is 27.0. The first-order valence-electron chi connectivity index (χ1n) is 6.64. The van der Waals surface area contributed by atoms with Gasteiger partial charge in [0.2, 0.25) is 0 Å². The molecule has 4 heteroatoms. The van der Waals surface area contributed by atoms with Gasteiger partial charge >= 0.3 is 5.69 Å². The number of hydrogen-bond donors (Lipinski definition) is 1. The Labute approximate surface area is 110 Å². The summed E-state index contributed by atoms with van der Waals surface area (Å²) in [5.74, 6) is 0. The summed E-state index contributed by atoms with van der Waals surface area (Å²) in [5, 5.41) is 0. The molecule has 0 saturated carbocycles. The second-order valence-corrected chi connectivity index (χ2v) is 4.93. The summed E-state index contributed by atoms with van der Waals surface area (Å²) in [7, 11) is 0. The van der Waals surface area contributed by atoms with Crippen LogP contribution in [0.15, 0.2) is 39.9 Å². The molecule has 0 unspecified atom stereocenters. The zero-order valence-electron chi connectivity index (χ0n) is 10.7. The van der Waals surface area contributed by atoms with Crippen LogP contribution in [-0.2, 0) is 25.8 Å². The van der Waals surface area contributed by atoms with Crippen LogP contribution in [0.25, 0.3) is 0 Å². The Morgan fingerprint density at radius 3 is 2.68 bits per heavy atom. The molecule has 1 aromatic carbocycles. The molecule has 0 atom stereocenters. The van der Waals surface area contributed by atoms with E-state index in [0.717, 1.165) is 36.1 Å². The van der Waals surface area contributed by atoms with Gasteiger partial charge in [0.25, 0.3) is 5.56 Å². The second kappa shape index (κ2) is 4.88. The van der Waals surface area contributed by atoms with Crippen LogP contribution in [0.4, 0.5) is 0 Å². The van der Waals surface area contributed by atoms with Crippen molar-refractivity contribution >= 4 is 0 Å². The number of H-pyrrole nitrogens is 1. The Morgan fingerprint density at radius 1 is 1.11 bits per heavy atom. The molecule has 98 valence electrons. The molecule has 0 amide bonds. The highest BCUT2D eigenvalue weighted by Crippen LogP contribution is 2.14. The van der Waals surface area contributed by atoms with E-state index in [4.69, 9.17) is 0 Å².